The molecule has 2 aromatic carbocycles. The van der Waals surface area contributed by atoms with Gasteiger partial charge in [-0.25, -0.2) is 0 Å². The lowest BCUT2D eigenvalue weighted by atomic mass is 10.2. The van der Waals surface area contributed by atoms with E-state index in [1.807, 2.05) is 48.5 Å². The Bertz CT molecular complexity index is 719. The van der Waals surface area contributed by atoms with Gasteiger partial charge in [0.25, 0.3) is 5.91 Å². The quantitative estimate of drug-likeness (QED) is 0.491. The summed E-state index contributed by atoms with van der Waals surface area (Å²) in [5.41, 5.74) is 0.569. The van der Waals surface area contributed by atoms with Crippen LogP contribution < -0.4 is 5.32 Å². The molecule has 0 aromatic heterocycles. The fourth-order valence-corrected chi connectivity index (χ4v) is 2.56. The van der Waals surface area contributed by atoms with Crippen molar-refractivity contribution < 1.29 is 9.53 Å². The van der Waals surface area contributed by atoms with Crippen LogP contribution in [-0.4, -0.2) is 12.5 Å². The van der Waals surface area contributed by atoms with Gasteiger partial charge in [0, 0.05) is 15.5 Å². The van der Waals surface area contributed by atoms with Crippen LogP contribution in [0, 0.1) is 11.3 Å². The molecule has 0 aliphatic carbocycles. The molecule has 116 valence electrons. The number of nitriles is 1. The Hall–Kier alpha value is -2.71. The highest BCUT2D eigenvalue weighted by Gasteiger charge is 2.09. The average Bonchev–Trinajstić information content (AvgIpc) is 2.58. The first-order valence-corrected chi connectivity index (χ1v) is 7.90. The molecule has 0 fully saturated rings. The van der Waals surface area contributed by atoms with E-state index in [9.17, 15) is 4.79 Å². The van der Waals surface area contributed by atoms with Crippen molar-refractivity contribution in [3.05, 3.63) is 66.4 Å². The Kier molecular flexibility index (Phi) is 6.28. The van der Waals surface area contributed by atoms with Gasteiger partial charge in [-0.3, -0.25) is 4.79 Å². The van der Waals surface area contributed by atoms with Crippen LogP contribution in [0.3, 0.4) is 0 Å². The van der Waals surface area contributed by atoms with E-state index in [1.54, 1.807) is 30.8 Å². The predicted molar refractivity (Wildman–Crippen MR) is 91.0 cm³/mol. The Balaban J connectivity index is 2.00. The van der Waals surface area contributed by atoms with Gasteiger partial charge in [-0.1, -0.05) is 30.0 Å². The molecule has 0 radical (unpaired) electrons. The smallest absolute Gasteiger partial charge is 0.269 e. The molecule has 5 heteroatoms. The summed E-state index contributed by atoms with van der Waals surface area (Å²) in [6.45, 7) is 2.19. The van der Waals surface area contributed by atoms with Crippen molar-refractivity contribution in [3.8, 4) is 6.07 Å². The molecule has 2 rings (SSSR count). The first-order valence-electron chi connectivity index (χ1n) is 7.09. The fourth-order valence-electron chi connectivity index (χ4n) is 1.73. The number of ether oxygens (including phenoxy) is 1. The Morgan fingerprint density at radius 1 is 1.17 bits per heavy atom. The standard InChI is InChI=1S/C18H16N2O2S/c1-2-22-13-14(12-19)18(21)20-15-8-10-17(11-9-15)23-16-6-4-3-5-7-16/h3-11,13H,2H2,1H3,(H,20,21)/b14-13+. The average molecular weight is 324 g/mol. The summed E-state index contributed by atoms with van der Waals surface area (Å²) < 4.78 is 4.98. The normalized spacial score (nSPS) is 10.7. The van der Waals surface area contributed by atoms with Crippen molar-refractivity contribution in [1.82, 2.24) is 0 Å². The largest absolute Gasteiger partial charge is 0.500 e. The lowest BCUT2D eigenvalue weighted by Crippen LogP contribution is -2.13. The molecule has 1 N–H and O–H groups in total. The number of nitrogens with one attached hydrogen (secondary N) is 1. The molecule has 0 heterocycles. The minimum atomic E-state index is -0.482. The molecule has 0 atom stereocenters. The van der Waals surface area contributed by atoms with Gasteiger partial charge in [-0.05, 0) is 43.3 Å². The monoisotopic (exact) mass is 324 g/mol. The van der Waals surface area contributed by atoms with Gasteiger partial charge >= 0.3 is 0 Å². The second-order valence-corrected chi connectivity index (χ2v) is 5.64. The van der Waals surface area contributed by atoms with E-state index < -0.39 is 5.91 Å². The minimum Gasteiger partial charge on any atom is -0.500 e. The van der Waals surface area contributed by atoms with Crippen LogP contribution in [0.25, 0.3) is 0 Å². The van der Waals surface area contributed by atoms with Crippen LogP contribution >= 0.6 is 11.8 Å². The Morgan fingerprint density at radius 2 is 1.83 bits per heavy atom. The fraction of sp³-hybridized carbons (Fsp3) is 0.111. The highest BCUT2D eigenvalue weighted by atomic mass is 32.2. The zero-order chi connectivity index (χ0) is 16.5. The number of benzene rings is 2. The van der Waals surface area contributed by atoms with Crippen molar-refractivity contribution in [3.63, 3.8) is 0 Å². The molecule has 0 aliphatic rings. The van der Waals surface area contributed by atoms with Crippen LogP contribution in [0.15, 0.2) is 76.2 Å². The van der Waals surface area contributed by atoms with Gasteiger partial charge in [-0.2, -0.15) is 5.26 Å². The van der Waals surface area contributed by atoms with Crippen molar-refractivity contribution in [2.45, 2.75) is 16.7 Å². The van der Waals surface area contributed by atoms with Gasteiger partial charge in [0.2, 0.25) is 0 Å². The second-order valence-electron chi connectivity index (χ2n) is 4.49. The molecule has 0 unspecified atom stereocenters. The molecule has 2 aromatic rings. The minimum absolute atomic E-state index is 0.0606. The SMILES string of the molecule is CCO/C=C(\C#N)C(=O)Nc1ccc(Sc2ccccc2)cc1. The summed E-state index contributed by atoms with van der Waals surface area (Å²) in [5, 5.41) is 11.6. The molecule has 0 saturated carbocycles. The summed E-state index contributed by atoms with van der Waals surface area (Å²) in [5.74, 6) is -0.482. The maximum atomic E-state index is 11.9. The van der Waals surface area contributed by atoms with Crippen molar-refractivity contribution in [2.24, 2.45) is 0 Å². The van der Waals surface area contributed by atoms with Crippen LogP contribution in [-0.2, 0) is 9.53 Å². The highest BCUT2D eigenvalue weighted by Crippen LogP contribution is 2.28. The predicted octanol–water partition coefficient (Wildman–Crippen LogP) is 4.22. The van der Waals surface area contributed by atoms with Crippen molar-refractivity contribution >= 4 is 23.4 Å². The first-order chi connectivity index (χ1) is 11.2. The van der Waals surface area contributed by atoms with Gasteiger partial charge < -0.3 is 10.1 Å². The molecule has 23 heavy (non-hydrogen) atoms. The van der Waals surface area contributed by atoms with Crippen LogP contribution in [0.5, 0.6) is 0 Å². The third-order valence-electron chi connectivity index (χ3n) is 2.82. The Morgan fingerprint density at radius 3 is 2.43 bits per heavy atom. The van der Waals surface area contributed by atoms with E-state index in [0.29, 0.717) is 12.3 Å². The van der Waals surface area contributed by atoms with Gasteiger partial charge in [0.1, 0.15) is 12.3 Å². The first kappa shape index (κ1) is 16.7. The van der Waals surface area contributed by atoms with E-state index in [1.165, 1.54) is 6.26 Å². The van der Waals surface area contributed by atoms with E-state index in [4.69, 9.17) is 10.00 Å². The third-order valence-corrected chi connectivity index (χ3v) is 3.84. The molecule has 0 spiro atoms. The summed E-state index contributed by atoms with van der Waals surface area (Å²) in [7, 11) is 0. The summed E-state index contributed by atoms with van der Waals surface area (Å²) in [6, 6.07) is 19.3. The number of hydrogen-bond donors (Lipinski definition) is 1. The zero-order valence-corrected chi connectivity index (χ0v) is 13.5. The molecule has 0 saturated heterocycles. The molecule has 0 aliphatic heterocycles. The number of hydrogen-bond acceptors (Lipinski definition) is 4. The van der Waals surface area contributed by atoms with Gasteiger partial charge in [-0.15, -0.1) is 0 Å². The highest BCUT2D eigenvalue weighted by molar-refractivity contribution is 7.99. The lowest BCUT2D eigenvalue weighted by molar-refractivity contribution is -0.112. The summed E-state index contributed by atoms with van der Waals surface area (Å²) in [4.78, 5) is 14.2. The Labute approximate surface area is 139 Å². The molecular formula is C18H16N2O2S. The van der Waals surface area contributed by atoms with Crippen molar-refractivity contribution in [2.75, 3.05) is 11.9 Å². The van der Waals surface area contributed by atoms with E-state index in [2.05, 4.69) is 5.32 Å². The number of rotatable bonds is 6. The van der Waals surface area contributed by atoms with Crippen LogP contribution in [0.2, 0.25) is 0 Å². The molecule has 1 amide bonds. The number of amides is 1. The topological polar surface area (TPSA) is 62.1 Å². The third kappa shape index (κ3) is 5.20. The molecule has 4 nitrogen and oxygen atoms in total. The molecule has 0 bridgehead atoms. The van der Waals surface area contributed by atoms with Crippen LogP contribution in [0.4, 0.5) is 5.69 Å². The van der Waals surface area contributed by atoms with E-state index in [-0.39, 0.29) is 5.57 Å². The number of carbonyl (C=O) groups excluding carboxylic acids is 1. The van der Waals surface area contributed by atoms with E-state index >= 15 is 0 Å². The summed E-state index contributed by atoms with van der Waals surface area (Å²) in [6.07, 6.45) is 1.18. The maximum Gasteiger partial charge on any atom is 0.269 e. The second kappa shape index (κ2) is 8.66. The number of anilines is 1. The lowest BCUT2D eigenvalue weighted by Gasteiger charge is -2.06. The van der Waals surface area contributed by atoms with E-state index in [0.717, 1.165) is 9.79 Å². The van der Waals surface area contributed by atoms with Gasteiger partial charge in [0.15, 0.2) is 5.57 Å². The zero-order valence-electron chi connectivity index (χ0n) is 12.7. The van der Waals surface area contributed by atoms with Gasteiger partial charge in [0.05, 0.1) is 6.61 Å². The number of carbonyl (C=O) groups is 1. The van der Waals surface area contributed by atoms with Crippen LogP contribution in [0.1, 0.15) is 6.92 Å². The summed E-state index contributed by atoms with van der Waals surface area (Å²) >= 11 is 1.64. The maximum absolute atomic E-state index is 11.9. The number of nitrogens with zero attached hydrogens (tertiary/aromatic N) is 1. The molecular weight excluding hydrogens is 308 g/mol. The van der Waals surface area contributed by atoms with Crippen molar-refractivity contribution in [1.29, 1.82) is 5.26 Å².